The van der Waals surface area contributed by atoms with Crippen molar-refractivity contribution >= 4 is 21.8 Å². The molecule has 0 aliphatic heterocycles. The normalized spacial score (nSPS) is 26.1. The number of alkyl halides is 1. The maximum absolute atomic E-state index is 12.2. The van der Waals surface area contributed by atoms with E-state index >= 15 is 0 Å². The van der Waals surface area contributed by atoms with Gasteiger partial charge in [-0.1, -0.05) is 49.5 Å². The molecule has 2 unspecified atom stereocenters. The van der Waals surface area contributed by atoms with E-state index in [-0.39, 0.29) is 23.3 Å². The number of halogens is 1. The highest BCUT2D eigenvalue weighted by molar-refractivity contribution is 9.09. The highest BCUT2D eigenvalue weighted by Crippen LogP contribution is 2.40. The fourth-order valence-electron chi connectivity index (χ4n) is 2.53. The van der Waals surface area contributed by atoms with Gasteiger partial charge in [0, 0.05) is 17.3 Å². The van der Waals surface area contributed by atoms with E-state index in [1.807, 2.05) is 0 Å². The van der Waals surface area contributed by atoms with Crippen LogP contribution in [0.1, 0.15) is 52.9 Å². The third-order valence-electron chi connectivity index (χ3n) is 3.85. The van der Waals surface area contributed by atoms with Gasteiger partial charge in [-0.05, 0) is 24.7 Å². The summed E-state index contributed by atoms with van der Waals surface area (Å²) < 4.78 is 0. The van der Waals surface area contributed by atoms with Crippen molar-refractivity contribution in [2.24, 2.45) is 11.3 Å². The zero-order valence-corrected chi connectivity index (χ0v) is 12.3. The molecule has 1 N–H and O–H groups in total. The fourth-order valence-corrected chi connectivity index (χ4v) is 3.15. The Hall–Kier alpha value is -0.0500. The molecule has 94 valence electrons. The smallest absolute Gasteiger partial charge is 0.223 e. The first-order valence-electron chi connectivity index (χ1n) is 6.37. The van der Waals surface area contributed by atoms with Crippen LogP contribution in [-0.2, 0) is 4.79 Å². The van der Waals surface area contributed by atoms with Crippen molar-refractivity contribution in [3.8, 4) is 0 Å². The summed E-state index contributed by atoms with van der Waals surface area (Å²) in [5, 5.41) is 4.01. The maximum Gasteiger partial charge on any atom is 0.223 e. The summed E-state index contributed by atoms with van der Waals surface area (Å²) in [5.74, 6) is 0.463. The van der Waals surface area contributed by atoms with Gasteiger partial charge in [0.1, 0.15) is 0 Å². The number of hydrogen-bond donors (Lipinski definition) is 1. The molecule has 1 fully saturated rings. The Morgan fingerprint density at radius 1 is 1.50 bits per heavy atom. The number of carbonyl (C=O) groups excluding carboxylic acids is 1. The second kappa shape index (κ2) is 6.04. The summed E-state index contributed by atoms with van der Waals surface area (Å²) >= 11 is 3.44. The van der Waals surface area contributed by atoms with E-state index in [1.54, 1.807) is 0 Å². The number of hydrogen-bond acceptors (Lipinski definition) is 1. The third kappa shape index (κ3) is 3.47. The summed E-state index contributed by atoms with van der Waals surface area (Å²) in [5.41, 5.74) is 0.174. The van der Waals surface area contributed by atoms with Crippen LogP contribution in [-0.4, -0.2) is 17.3 Å². The number of carbonyl (C=O) groups is 1. The average Bonchev–Trinajstić information content (AvgIpc) is 2.24. The van der Waals surface area contributed by atoms with E-state index in [0.29, 0.717) is 0 Å². The minimum atomic E-state index is 0.174. The number of amides is 1. The predicted molar refractivity (Wildman–Crippen MR) is 71.8 cm³/mol. The molecule has 0 heterocycles. The molecule has 0 aromatic heterocycles. The van der Waals surface area contributed by atoms with Gasteiger partial charge in [0.15, 0.2) is 0 Å². The first kappa shape index (κ1) is 14.0. The molecule has 1 aliphatic carbocycles. The van der Waals surface area contributed by atoms with Crippen LogP contribution in [0.5, 0.6) is 0 Å². The first-order valence-corrected chi connectivity index (χ1v) is 7.49. The van der Waals surface area contributed by atoms with Crippen molar-refractivity contribution in [3.63, 3.8) is 0 Å². The van der Waals surface area contributed by atoms with Crippen molar-refractivity contribution in [1.29, 1.82) is 0 Å². The minimum absolute atomic E-state index is 0.174. The van der Waals surface area contributed by atoms with Gasteiger partial charge in [0.2, 0.25) is 5.91 Å². The molecule has 1 amide bonds. The Morgan fingerprint density at radius 3 is 2.69 bits per heavy atom. The number of rotatable bonds is 4. The molecule has 3 heteroatoms. The molecule has 1 saturated carbocycles. The van der Waals surface area contributed by atoms with Gasteiger partial charge in [-0.2, -0.15) is 0 Å². The van der Waals surface area contributed by atoms with Gasteiger partial charge < -0.3 is 5.32 Å². The summed E-state index contributed by atoms with van der Waals surface area (Å²) in [6, 6.07) is 0.283. The van der Waals surface area contributed by atoms with Crippen molar-refractivity contribution in [1.82, 2.24) is 5.32 Å². The summed E-state index contributed by atoms with van der Waals surface area (Å²) in [6.45, 7) is 6.56. The van der Waals surface area contributed by atoms with E-state index < -0.39 is 0 Å². The molecule has 0 aromatic carbocycles. The van der Waals surface area contributed by atoms with E-state index in [4.69, 9.17) is 0 Å². The van der Waals surface area contributed by atoms with Crippen LogP contribution in [0.4, 0.5) is 0 Å². The van der Waals surface area contributed by atoms with Crippen LogP contribution in [0.15, 0.2) is 0 Å². The molecule has 0 bridgehead atoms. The van der Waals surface area contributed by atoms with Crippen molar-refractivity contribution in [2.45, 2.75) is 58.9 Å². The highest BCUT2D eigenvalue weighted by atomic mass is 79.9. The SMILES string of the molecule is CCC(CBr)NC(=O)C1CCCCC1(C)C. The lowest BCUT2D eigenvalue weighted by Gasteiger charge is -2.38. The van der Waals surface area contributed by atoms with Crippen LogP contribution >= 0.6 is 15.9 Å². The Bertz CT molecular complexity index is 236. The molecule has 2 atom stereocenters. The van der Waals surface area contributed by atoms with Crippen molar-refractivity contribution < 1.29 is 4.79 Å². The quantitative estimate of drug-likeness (QED) is 0.789. The lowest BCUT2D eigenvalue weighted by molar-refractivity contribution is -0.130. The Kier molecular flexibility index (Phi) is 5.29. The fraction of sp³-hybridized carbons (Fsp3) is 0.923. The van der Waals surface area contributed by atoms with Crippen molar-refractivity contribution in [2.75, 3.05) is 5.33 Å². The van der Waals surface area contributed by atoms with Crippen LogP contribution in [0.3, 0.4) is 0 Å². The molecule has 1 aliphatic rings. The van der Waals surface area contributed by atoms with Crippen LogP contribution in [0, 0.1) is 11.3 Å². The maximum atomic E-state index is 12.2. The number of nitrogens with one attached hydrogen (secondary N) is 1. The van der Waals surface area contributed by atoms with Gasteiger partial charge in [-0.3, -0.25) is 4.79 Å². The Morgan fingerprint density at radius 2 is 2.19 bits per heavy atom. The average molecular weight is 290 g/mol. The second-order valence-electron chi connectivity index (χ2n) is 5.56. The minimum Gasteiger partial charge on any atom is -0.352 e. The van der Waals surface area contributed by atoms with Crippen LogP contribution in [0.25, 0.3) is 0 Å². The van der Waals surface area contributed by atoms with E-state index in [9.17, 15) is 4.79 Å². The second-order valence-corrected chi connectivity index (χ2v) is 6.20. The summed E-state index contributed by atoms with van der Waals surface area (Å²) in [4.78, 5) is 12.2. The largest absolute Gasteiger partial charge is 0.352 e. The van der Waals surface area contributed by atoms with E-state index in [1.165, 1.54) is 19.3 Å². The molecule has 0 radical (unpaired) electrons. The molecule has 2 nitrogen and oxygen atoms in total. The van der Waals surface area contributed by atoms with E-state index in [0.717, 1.165) is 18.2 Å². The summed E-state index contributed by atoms with van der Waals surface area (Å²) in [7, 11) is 0. The topological polar surface area (TPSA) is 29.1 Å². The third-order valence-corrected chi connectivity index (χ3v) is 4.63. The molecule has 0 aromatic rings. The molecule has 16 heavy (non-hydrogen) atoms. The van der Waals surface area contributed by atoms with Crippen molar-refractivity contribution in [3.05, 3.63) is 0 Å². The van der Waals surface area contributed by atoms with Gasteiger partial charge in [0.05, 0.1) is 0 Å². The first-order chi connectivity index (χ1) is 7.51. The van der Waals surface area contributed by atoms with Gasteiger partial charge in [0.25, 0.3) is 0 Å². The lowest BCUT2D eigenvalue weighted by Crippen LogP contribution is -2.45. The van der Waals surface area contributed by atoms with Gasteiger partial charge >= 0.3 is 0 Å². The molecule has 0 spiro atoms. The summed E-state index contributed by atoms with van der Waals surface area (Å²) in [6.07, 6.45) is 5.69. The standard InChI is InChI=1S/C13H24BrNO/c1-4-10(9-14)15-12(16)11-7-5-6-8-13(11,2)3/h10-11H,4-9H2,1-3H3,(H,15,16). The molecule has 1 rings (SSSR count). The van der Waals surface area contributed by atoms with Gasteiger partial charge in [-0.15, -0.1) is 0 Å². The predicted octanol–water partition coefficient (Wildman–Crippen LogP) is 3.49. The molecular formula is C13H24BrNO. The molecular weight excluding hydrogens is 266 g/mol. The molecule has 0 saturated heterocycles. The monoisotopic (exact) mass is 289 g/mol. The highest BCUT2D eigenvalue weighted by Gasteiger charge is 2.37. The Labute approximate surface area is 108 Å². The lowest BCUT2D eigenvalue weighted by atomic mass is 9.68. The van der Waals surface area contributed by atoms with E-state index in [2.05, 4.69) is 42.0 Å². The Balaban J connectivity index is 2.58. The van der Waals surface area contributed by atoms with Crippen LogP contribution in [0.2, 0.25) is 0 Å². The van der Waals surface area contributed by atoms with Crippen LogP contribution < -0.4 is 5.32 Å². The van der Waals surface area contributed by atoms with Gasteiger partial charge in [-0.25, -0.2) is 0 Å². The zero-order chi connectivity index (χ0) is 12.2. The zero-order valence-electron chi connectivity index (χ0n) is 10.7.